The third-order valence-electron chi connectivity index (χ3n) is 4.13. The number of carbonyl (C=O) groups is 2. The van der Waals surface area contributed by atoms with Crippen LogP contribution in [-0.2, 0) is 11.3 Å². The van der Waals surface area contributed by atoms with Crippen molar-refractivity contribution in [3.05, 3.63) is 53.6 Å². The number of aromatic carboxylic acids is 1. The Morgan fingerprint density at radius 2 is 1.83 bits per heavy atom. The molecule has 1 heterocycles. The number of benzene rings is 2. The third-order valence-corrected chi connectivity index (χ3v) is 4.13. The number of carboxylic acids is 2. The minimum atomic E-state index is -1.04. The number of hydrogen-bond donors (Lipinski definition) is 3. The average molecular weight is 325 g/mol. The summed E-state index contributed by atoms with van der Waals surface area (Å²) in [4.78, 5) is 22.6. The number of quaternary nitrogens is 1. The molecule has 0 saturated heterocycles. The van der Waals surface area contributed by atoms with Gasteiger partial charge in [0.2, 0.25) is 0 Å². The summed E-state index contributed by atoms with van der Waals surface area (Å²) in [5.74, 6) is -2.04. The molecule has 0 aliphatic rings. The normalized spacial score (nSPS) is 10.9. The Morgan fingerprint density at radius 3 is 2.46 bits per heavy atom. The number of nitrogens with zero attached hydrogens (tertiary/aromatic N) is 1. The first-order chi connectivity index (χ1) is 11.4. The summed E-state index contributed by atoms with van der Waals surface area (Å²) in [6.07, 6.45) is 0. The van der Waals surface area contributed by atoms with Crippen LogP contribution >= 0.6 is 0 Å². The van der Waals surface area contributed by atoms with Gasteiger partial charge in [-0.2, -0.15) is 0 Å². The average Bonchev–Trinajstić information content (AvgIpc) is 2.79. The van der Waals surface area contributed by atoms with E-state index in [2.05, 4.69) is 5.73 Å². The largest absolute Gasteiger partial charge is 0.480 e. The number of rotatable bonds is 4. The van der Waals surface area contributed by atoms with Gasteiger partial charge in [-0.3, -0.25) is 4.79 Å². The molecule has 0 saturated carbocycles. The Kier molecular flexibility index (Phi) is 3.83. The van der Waals surface area contributed by atoms with Crippen molar-refractivity contribution in [2.45, 2.75) is 13.5 Å². The van der Waals surface area contributed by atoms with E-state index in [-0.39, 0.29) is 12.1 Å². The van der Waals surface area contributed by atoms with Gasteiger partial charge in [0, 0.05) is 5.39 Å². The fraction of sp³-hybridized carbons (Fsp3) is 0.111. The molecule has 0 atom stereocenters. The van der Waals surface area contributed by atoms with Crippen molar-refractivity contribution in [3.8, 4) is 11.3 Å². The molecule has 1 aromatic heterocycles. The van der Waals surface area contributed by atoms with E-state index in [1.165, 1.54) is 12.1 Å². The first-order valence-electron chi connectivity index (χ1n) is 7.39. The highest BCUT2D eigenvalue weighted by Crippen LogP contribution is 2.36. The maximum Gasteiger partial charge on any atom is 0.335 e. The highest BCUT2D eigenvalue weighted by Gasteiger charge is 2.21. The topological polar surface area (TPSA) is 107 Å². The summed E-state index contributed by atoms with van der Waals surface area (Å²) in [5.41, 5.74) is 8.01. The second kappa shape index (κ2) is 5.82. The molecular formula is C18H17N2O4+. The van der Waals surface area contributed by atoms with Crippen molar-refractivity contribution in [1.82, 2.24) is 4.57 Å². The molecule has 3 aromatic rings. The maximum atomic E-state index is 11.4. The molecule has 0 radical (unpaired) electrons. The predicted molar refractivity (Wildman–Crippen MR) is 89.3 cm³/mol. The fourth-order valence-corrected chi connectivity index (χ4v) is 3.05. The molecule has 0 amide bonds. The van der Waals surface area contributed by atoms with E-state index in [1.807, 2.05) is 31.2 Å². The lowest BCUT2D eigenvalue weighted by atomic mass is 10.0. The second-order valence-corrected chi connectivity index (χ2v) is 5.65. The van der Waals surface area contributed by atoms with Gasteiger partial charge >= 0.3 is 11.9 Å². The van der Waals surface area contributed by atoms with E-state index >= 15 is 0 Å². The quantitative estimate of drug-likeness (QED) is 0.684. The molecule has 0 aliphatic heterocycles. The van der Waals surface area contributed by atoms with Gasteiger partial charge in [0.1, 0.15) is 12.2 Å². The smallest absolute Gasteiger partial charge is 0.335 e. The minimum absolute atomic E-state index is 0.126. The van der Waals surface area contributed by atoms with Crippen LogP contribution in [0.5, 0.6) is 0 Å². The van der Waals surface area contributed by atoms with Gasteiger partial charge in [-0.25, -0.2) is 4.79 Å². The van der Waals surface area contributed by atoms with Crippen LogP contribution < -0.4 is 5.73 Å². The van der Waals surface area contributed by atoms with Gasteiger partial charge in [0.15, 0.2) is 0 Å². The van der Waals surface area contributed by atoms with Crippen LogP contribution in [0, 0.1) is 6.92 Å². The number of fused-ring (bicyclic) bond motifs is 1. The van der Waals surface area contributed by atoms with Crippen LogP contribution in [0.2, 0.25) is 0 Å². The van der Waals surface area contributed by atoms with Crippen molar-refractivity contribution in [2.24, 2.45) is 0 Å². The zero-order chi connectivity index (χ0) is 17.4. The molecule has 0 unspecified atom stereocenters. The van der Waals surface area contributed by atoms with E-state index in [1.54, 1.807) is 10.6 Å². The van der Waals surface area contributed by atoms with Gasteiger partial charge in [0.05, 0.1) is 22.3 Å². The Labute approximate surface area is 137 Å². The summed E-state index contributed by atoms with van der Waals surface area (Å²) in [6, 6.07) is 12.3. The molecule has 0 bridgehead atoms. The molecule has 0 aliphatic carbocycles. The first kappa shape index (κ1) is 15.8. The molecule has 122 valence electrons. The number of aryl methyl sites for hydroxylation is 1. The predicted octanol–water partition coefficient (Wildman–Crippen LogP) is 2.27. The van der Waals surface area contributed by atoms with Crippen LogP contribution in [-0.4, -0.2) is 26.7 Å². The molecular weight excluding hydrogens is 308 g/mol. The standard InChI is InChI=1S/C18H16N2O4/c1-10-12-7-6-11(18(23)24)8-15(12)20(9-16(21)22)17(10)13-4-2-3-5-14(13)19/h2-8H,9,19H2,1H3,(H,21,22)(H,23,24)/p+1. The lowest BCUT2D eigenvalue weighted by Crippen LogP contribution is -2.40. The Hall–Kier alpha value is -3.12. The number of hydrogen-bond acceptors (Lipinski definition) is 2. The first-order valence-corrected chi connectivity index (χ1v) is 7.39. The van der Waals surface area contributed by atoms with Crippen LogP contribution in [0.1, 0.15) is 15.9 Å². The van der Waals surface area contributed by atoms with E-state index in [4.69, 9.17) is 0 Å². The van der Waals surface area contributed by atoms with Gasteiger partial charge in [-0.15, -0.1) is 0 Å². The van der Waals surface area contributed by atoms with Gasteiger partial charge < -0.3 is 20.5 Å². The van der Waals surface area contributed by atoms with Crippen molar-refractivity contribution in [1.29, 1.82) is 0 Å². The van der Waals surface area contributed by atoms with E-state index in [9.17, 15) is 19.8 Å². The highest BCUT2D eigenvalue weighted by molar-refractivity contribution is 5.98. The lowest BCUT2D eigenvalue weighted by molar-refractivity contribution is -0.253. The summed E-state index contributed by atoms with van der Waals surface area (Å²) < 4.78 is 1.64. The molecule has 2 aromatic carbocycles. The van der Waals surface area contributed by atoms with Gasteiger partial charge in [-0.1, -0.05) is 18.2 Å². The SMILES string of the molecule is Cc1c(-c2ccccc2[NH3+])n(CC(=O)O)c2cc(C(=O)O)ccc12. The van der Waals surface area contributed by atoms with Crippen molar-refractivity contribution < 1.29 is 25.5 Å². The van der Waals surface area contributed by atoms with Crippen molar-refractivity contribution in [2.75, 3.05) is 0 Å². The highest BCUT2D eigenvalue weighted by atomic mass is 16.4. The van der Waals surface area contributed by atoms with Crippen molar-refractivity contribution >= 4 is 28.5 Å². The van der Waals surface area contributed by atoms with Gasteiger partial charge in [-0.05, 0) is 36.8 Å². The molecule has 0 fully saturated rings. The Balaban J connectivity index is 2.39. The van der Waals surface area contributed by atoms with Crippen LogP contribution in [0.4, 0.5) is 5.69 Å². The van der Waals surface area contributed by atoms with Crippen molar-refractivity contribution in [3.63, 3.8) is 0 Å². The van der Waals surface area contributed by atoms with Crippen LogP contribution in [0.15, 0.2) is 42.5 Å². The summed E-state index contributed by atoms with van der Waals surface area (Å²) in [5, 5.41) is 19.4. The zero-order valence-corrected chi connectivity index (χ0v) is 13.1. The number of aliphatic carboxylic acids is 1. The fourth-order valence-electron chi connectivity index (χ4n) is 3.05. The zero-order valence-electron chi connectivity index (χ0n) is 13.1. The van der Waals surface area contributed by atoms with Gasteiger partial charge in [0.25, 0.3) is 0 Å². The second-order valence-electron chi connectivity index (χ2n) is 5.65. The van der Waals surface area contributed by atoms with E-state index < -0.39 is 11.9 Å². The molecule has 6 nitrogen and oxygen atoms in total. The molecule has 24 heavy (non-hydrogen) atoms. The molecule has 5 N–H and O–H groups in total. The lowest BCUT2D eigenvalue weighted by Gasteiger charge is -2.10. The Morgan fingerprint density at radius 1 is 1.12 bits per heavy atom. The van der Waals surface area contributed by atoms with E-state index in [0.29, 0.717) is 5.52 Å². The Bertz CT molecular complexity index is 973. The summed E-state index contributed by atoms with van der Waals surface area (Å²) >= 11 is 0. The molecule has 0 spiro atoms. The number of aromatic nitrogens is 1. The van der Waals surface area contributed by atoms with Crippen LogP contribution in [0.25, 0.3) is 22.2 Å². The third kappa shape index (κ3) is 2.53. The van der Waals surface area contributed by atoms with Crippen LogP contribution in [0.3, 0.4) is 0 Å². The monoisotopic (exact) mass is 325 g/mol. The number of carboxylic acid groups (broad SMARTS) is 2. The summed E-state index contributed by atoms with van der Waals surface area (Å²) in [6.45, 7) is 1.65. The van der Waals surface area contributed by atoms with E-state index in [0.717, 1.165) is 27.9 Å². The maximum absolute atomic E-state index is 11.4. The minimum Gasteiger partial charge on any atom is -0.480 e. The molecule has 6 heteroatoms. The molecule has 3 rings (SSSR count). The summed E-state index contributed by atoms with van der Waals surface area (Å²) in [7, 11) is 0.